The number of halogens is 1. The number of nitrogens with zero attached hydrogens (tertiary/aromatic N) is 2. The van der Waals surface area contributed by atoms with Crippen molar-refractivity contribution in [2.45, 2.75) is 24.8 Å². The number of carbonyl (C=O) groups is 3. The summed E-state index contributed by atoms with van der Waals surface area (Å²) in [7, 11) is 2.13. The number of amides is 2. The lowest BCUT2D eigenvalue weighted by molar-refractivity contribution is -0.120. The van der Waals surface area contributed by atoms with Crippen LogP contribution in [0.2, 0.25) is 5.02 Å². The Kier molecular flexibility index (Phi) is 7.49. The quantitative estimate of drug-likeness (QED) is 0.341. The second-order valence-corrected chi connectivity index (χ2v) is 10.5. The van der Waals surface area contributed by atoms with Crippen molar-refractivity contribution in [2.75, 3.05) is 43.4 Å². The maximum absolute atomic E-state index is 12.8. The number of likely N-dealkylation sites (N-methyl/N-ethyl adjacent to an activating group) is 1. The number of piperazine rings is 1. The second-order valence-electron chi connectivity index (χ2n) is 10.1. The molecule has 5 rings (SSSR count). The Balaban J connectivity index is 1.21. The molecule has 38 heavy (non-hydrogen) atoms. The molecule has 3 aromatic carbocycles. The first-order chi connectivity index (χ1) is 18.3. The fraction of sp³-hybridized carbons (Fsp3) is 0.300. The van der Waals surface area contributed by atoms with Crippen molar-refractivity contribution in [1.29, 1.82) is 0 Å². The third kappa shape index (κ3) is 5.59. The van der Waals surface area contributed by atoms with Crippen LogP contribution in [0.3, 0.4) is 0 Å². The van der Waals surface area contributed by atoms with Gasteiger partial charge in [0.05, 0.1) is 5.54 Å². The van der Waals surface area contributed by atoms with E-state index in [-0.39, 0.29) is 5.91 Å². The molecule has 0 unspecified atom stereocenters. The summed E-state index contributed by atoms with van der Waals surface area (Å²) in [6, 6.07) is 21.5. The SMILES string of the molecule is CN1CCN(c2ccc(C(=O)Nc3ccc(C4(NC(=O)C(=O)c5ccc(Cl)cc5)CCC4)cc3)cc2)CC1. The van der Waals surface area contributed by atoms with Gasteiger partial charge in [0.2, 0.25) is 5.78 Å². The van der Waals surface area contributed by atoms with Crippen LogP contribution in [0.4, 0.5) is 11.4 Å². The molecule has 1 saturated heterocycles. The maximum atomic E-state index is 12.8. The molecule has 1 aliphatic heterocycles. The topological polar surface area (TPSA) is 81.8 Å². The van der Waals surface area contributed by atoms with Crippen LogP contribution in [0.15, 0.2) is 72.8 Å². The summed E-state index contributed by atoms with van der Waals surface area (Å²) in [6.45, 7) is 4.01. The molecule has 8 heteroatoms. The van der Waals surface area contributed by atoms with Gasteiger partial charge in [-0.3, -0.25) is 14.4 Å². The van der Waals surface area contributed by atoms with Crippen LogP contribution in [0, 0.1) is 0 Å². The first-order valence-corrected chi connectivity index (χ1v) is 13.3. The summed E-state index contributed by atoms with van der Waals surface area (Å²) >= 11 is 5.89. The van der Waals surface area contributed by atoms with E-state index in [1.807, 2.05) is 48.5 Å². The van der Waals surface area contributed by atoms with E-state index >= 15 is 0 Å². The van der Waals surface area contributed by atoms with Crippen LogP contribution >= 0.6 is 11.6 Å². The van der Waals surface area contributed by atoms with E-state index in [9.17, 15) is 14.4 Å². The van der Waals surface area contributed by atoms with Gasteiger partial charge < -0.3 is 20.4 Å². The highest BCUT2D eigenvalue weighted by Gasteiger charge is 2.41. The van der Waals surface area contributed by atoms with Crippen molar-refractivity contribution in [3.05, 3.63) is 94.5 Å². The molecular formula is C30H31ClN4O3. The number of Topliss-reactive ketones (excluding diaryl/α,β-unsaturated/α-hetero) is 1. The lowest BCUT2D eigenvalue weighted by atomic mass is 9.71. The summed E-state index contributed by atoms with van der Waals surface area (Å²) in [5.74, 6) is -1.40. The number of carbonyl (C=O) groups excluding carboxylic acids is 3. The molecule has 0 radical (unpaired) electrons. The number of rotatable bonds is 7. The van der Waals surface area contributed by atoms with Gasteiger partial charge >= 0.3 is 0 Å². The fourth-order valence-corrected chi connectivity index (χ4v) is 5.11. The van der Waals surface area contributed by atoms with Crippen molar-refractivity contribution in [1.82, 2.24) is 10.2 Å². The van der Waals surface area contributed by atoms with Crippen LogP contribution in [0.5, 0.6) is 0 Å². The molecule has 1 heterocycles. The molecule has 0 spiro atoms. The lowest BCUT2D eigenvalue weighted by Gasteiger charge is -2.43. The van der Waals surface area contributed by atoms with Gasteiger partial charge in [-0.1, -0.05) is 23.7 Å². The van der Waals surface area contributed by atoms with Gasteiger partial charge in [0.25, 0.3) is 11.8 Å². The fourth-order valence-electron chi connectivity index (χ4n) is 4.99. The number of ketones is 1. The highest BCUT2D eigenvalue weighted by molar-refractivity contribution is 6.43. The van der Waals surface area contributed by atoms with Gasteiger partial charge in [0.1, 0.15) is 0 Å². The van der Waals surface area contributed by atoms with E-state index in [0.717, 1.165) is 56.7 Å². The first kappa shape index (κ1) is 25.9. The molecule has 196 valence electrons. The minimum Gasteiger partial charge on any atom is -0.369 e. The Morgan fingerprint density at radius 1 is 0.789 bits per heavy atom. The number of hydrogen-bond donors (Lipinski definition) is 2. The molecule has 1 aliphatic carbocycles. The highest BCUT2D eigenvalue weighted by Crippen LogP contribution is 2.41. The van der Waals surface area contributed by atoms with Crippen LogP contribution in [-0.2, 0) is 10.3 Å². The van der Waals surface area contributed by atoms with E-state index < -0.39 is 17.2 Å². The summed E-state index contributed by atoms with van der Waals surface area (Å²) in [6.07, 6.45) is 2.45. The molecule has 2 amide bonds. The molecule has 2 fully saturated rings. The van der Waals surface area contributed by atoms with E-state index in [1.54, 1.807) is 24.3 Å². The van der Waals surface area contributed by atoms with Crippen molar-refractivity contribution in [2.24, 2.45) is 0 Å². The lowest BCUT2D eigenvalue weighted by Crippen LogP contribution is -2.52. The summed E-state index contributed by atoms with van der Waals surface area (Å²) < 4.78 is 0. The van der Waals surface area contributed by atoms with Gasteiger partial charge in [0.15, 0.2) is 0 Å². The Hall–Kier alpha value is -3.68. The van der Waals surface area contributed by atoms with Crippen LogP contribution in [0.25, 0.3) is 0 Å². The summed E-state index contributed by atoms with van der Waals surface area (Å²) in [5.41, 5.74) is 3.02. The normalized spacial score (nSPS) is 16.8. The Morgan fingerprint density at radius 3 is 1.97 bits per heavy atom. The Morgan fingerprint density at radius 2 is 1.39 bits per heavy atom. The Bertz CT molecular complexity index is 1310. The zero-order valence-corrected chi connectivity index (χ0v) is 22.1. The average molecular weight is 531 g/mol. The molecule has 0 bridgehead atoms. The predicted molar refractivity (Wildman–Crippen MR) is 150 cm³/mol. The standard InChI is InChI=1S/C30H31ClN4O3/c1-34-17-19-35(20-18-34)26-13-5-22(6-14-26)28(37)32-25-11-7-23(8-12-25)30(15-2-16-30)33-29(38)27(36)21-3-9-24(31)10-4-21/h3-14H,2,15-20H2,1H3,(H,32,37)(H,33,38). The van der Waals surface area contributed by atoms with Gasteiger partial charge in [-0.2, -0.15) is 0 Å². The predicted octanol–water partition coefficient (Wildman–Crippen LogP) is 4.72. The molecule has 2 aliphatic rings. The zero-order valence-electron chi connectivity index (χ0n) is 21.4. The van der Waals surface area contributed by atoms with Gasteiger partial charge in [0, 0.05) is 53.7 Å². The van der Waals surface area contributed by atoms with Crippen LogP contribution in [0.1, 0.15) is 45.5 Å². The van der Waals surface area contributed by atoms with E-state index in [0.29, 0.717) is 21.8 Å². The van der Waals surface area contributed by atoms with Crippen molar-refractivity contribution in [3.63, 3.8) is 0 Å². The van der Waals surface area contributed by atoms with Gasteiger partial charge in [-0.15, -0.1) is 0 Å². The zero-order chi connectivity index (χ0) is 26.7. The molecule has 0 aromatic heterocycles. The molecule has 1 saturated carbocycles. The highest BCUT2D eigenvalue weighted by atomic mass is 35.5. The Labute approximate surface area is 227 Å². The second kappa shape index (κ2) is 11.0. The van der Waals surface area contributed by atoms with E-state index in [4.69, 9.17) is 11.6 Å². The third-order valence-electron chi connectivity index (χ3n) is 7.57. The molecule has 7 nitrogen and oxygen atoms in total. The maximum Gasteiger partial charge on any atom is 0.293 e. The summed E-state index contributed by atoms with van der Waals surface area (Å²) in [4.78, 5) is 42.9. The first-order valence-electron chi connectivity index (χ1n) is 12.9. The van der Waals surface area contributed by atoms with Crippen molar-refractivity contribution in [3.8, 4) is 0 Å². The average Bonchev–Trinajstić information content (AvgIpc) is 2.92. The minimum atomic E-state index is -0.635. The van der Waals surface area contributed by atoms with E-state index in [2.05, 4.69) is 27.5 Å². The monoisotopic (exact) mass is 530 g/mol. The van der Waals surface area contributed by atoms with Gasteiger partial charge in [-0.25, -0.2) is 0 Å². The largest absolute Gasteiger partial charge is 0.369 e. The van der Waals surface area contributed by atoms with Gasteiger partial charge in [-0.05, 0) is 92.5 Å². The van der Waals surface area contributed by atoms with E-state index in [1.165, 1.54) is 0 Å². The smallest absolute Gasteiger partial charge is 0.293 e. The number of hydrogen-bond acceptors (Lipinski definition) is 5. The summed E-state index contributed by atoms with van der Waals surface area (Å²) in [5, 5.41) is 6.42. The number of anilines is 2. The third-order valence-corrected chi connectivity index (χ3v) is 7.82. The molecule has 3 aromatic rings. The number of nitrogens with one attached hydrogen (secondary N) is 2. The minimum absolute atomic E-state index is 0.178. The molecule has 2 N–H and O–H groups in total. The molecular weight excluding hydrogens is 500 g/mol. The van der Waals surface area contributed by atoms with Crippen LogP contribution in [-0.4, -0.2) is 55.7 Å². The van der Waals surface area contributed by atoms with Crippen molar-refractivity contribution < 1.29 is 14.4 Å². The van der Waals surface area contributed by atoms with Crippen LogP contribution < -0.4 is 15.5 Å². The van der Waals surface area contributed by atoms with Crippen molar-refractivity contribution >= 4 is 40.6 Å². The molecule has 0 atom stereocenters. The number of benzene rings is 3.